The number of carboxylic acids is 5. The second-order valence-corrected chi connectivity index (χ2v) is 3.18. The van der Waals surface area contributed by atoms with Gasteiger partial charge in [0.2, 0.25) is 0 Å². The van der Waals surface area contributed by atoms with E-state index in [2.05, 4.69) is 19.7 Å². The number of carbonyl (C=O) groups is 5. The molecule has 10 heteroatoms. The molecule has 0 aliphatic rings. The third-order valence-corrected chi connectivity index (χ3v) is 1.08. The third kappa shape index (κ3) is 63.3. The lowest BCUT2D eigenvalue weighted by atomic mass is 10.4. The zero-order chi connectivity index (χ0) is 20.3. The van der Waals surface area contributed by atoms with Crippen molar-refractivity contribution in [1.29, 1.82) is 0 Å². The van der Waals surface area contributed by atoms with Gasteiger partial charge in [0.15, 0.2) is 0 Å². The summed E-state index contributed by atoms with van der Waals surface area (Å²) in [7, 11) is 0. The van der Waals surface area contributed by atoms with Crippen LogP contribution in [0.2, 0.25) is 0 Å². The lowest BCUT2D eigenvalue weighted by Crippen LogP contribution is -1.92. The van der Waals surface area contributed by atoms with Crippen LogP contribution in [0, 0.1) is 0 Å². The first-order chi connectivity index (χ1) is 10.8. The van der Waals surface area contributed by atoms with E-state index in [1.165, 1.54) is 6.92 Å². The fraction of sp³-hybridized carbons (Fsp3) is 0.0714. The van der Waals surface area contributed by atoms with E-state index in [1.54, 1.807) is 0 Å². The van der Waals surface area contributed by atoms with Gasteiger partial charge >= 0.3 is 29.8 Å². The molecule has 10 nitrogen and oxygen atoms in total. The highest BCUT2D eigenvalue weighted by molar-refractivity contribution is 5.89. The molecular weight excluding hydrogens is 328 g/mol. The molecule has 0 rings (SSSR count). The quantitative estimate of drug-likeness (QED) is 0.447. The van der Waals surface area contributed by atoms with Gasteiger partial charge in [0.25, 0.3) is 0 Å². The standard InChI is InChI=1S/C4H4O4.C4H6O2.2C3H4O2/c5-3(6)1-2-4(7)8;1-3(2)4(5)6;2*1-2-3(4)5/h1-2H,(H,5,6)(H,7,8);1H2,2H3,(H,5,6);2*2H,1H2,(H,4,5). The number of aliphatic carboxylic acids is 5. The highest BCUT2D eigenvalue weighted by Crippen LogP contribution is 1.81. The van der Waals surface area contributed by atoms with Gasteiger partial charge in [0.05, 0.1) is 0 Å². The molecule has 0 saturated carbocycles. The number of hydrogen-bond donors (Lipinski definition) is 5. The van der Waals surface area contributed by atoms with Gasteiger partial charge in [-0.05, 0) is 6.92 Å². The van der Waals surface area contributed by atoms with Gasteiger partial charge in [-0.2, -0.15) is 0 Å². The van der Waals surface area contributed by atoms with Crippen LogP contribution in [0.25, 0.3) is 0 Å². The van der Waals surface area contributed by atoms with Crippen LogP contribution in [0.5, 0.6) is 0 Å². The summed E-state index contributed by atoms with van der Waals surface area (Å²) in [6.45, 7) is 10.5. The summed E-state index contributed by atoms with van der Waals surface area (Å²) >= 11 is 0. The monoisotopic (exact) mass is 346 g/mol. The van der Waals surface area contributed by atoms with E-state index in [4.69, 9.17) is 25.5 Å². The molecule has 0 aliphatic carbocycles. The van der Waals surface area contributed by atoms with Crippen LogP contribution in [0.1, 0.15) is 6.92 Å². The molecule has 0 aromatic carbocycles. The first-order valence-corrected chi connectivity index (χ1v) is 5.55. The molecule has 0 fully saturated rings. The molecule has 0 bridgehead atoms. The van der Waals surface area contributed by atoms with Crippen molar-refractivity contribution in [2.45, 2.75) is 6.92 Å². The second kappa shape index (κ2) is 19.3. The van der Waals surface area contributed by atoms with Crippen LogP contribution in [0.3, 0.4) is 0 Å². The normalized spacial score (nSPS) is 7.71. The average Bonchev–Trinajstić information content (AvgIpc) is 2.46. The van der Waals surface area contributed by atoms with Crippen molar-refractivity contribution in [3.8, 4) is 0 Å². The van der Waals surface area contributed by atoms with E-state index in [0.717, 1.165) is 12.2 Å². The smallest absolute Gasteiger partial charge is 0.330 e. The Hall–Kier alpha value is -3.69. The SMILES string of the molecule is C=C(C)C(=O)O.C=CC(=O)O.C=CC(=O)O.O=C(O)C=CC(=O)O. The molecule has 0 amide bonds. The number of rotatable bonds is 5. The van der Waals surface area contributed by atoms with Gasteiger partial charge in [-0.15, -0.1) is 0 Å². The minimum absolute atomic E-state index is 0.176. The zero-order valence-corrected chi connectivity index (χ0v) is 12.7. The molecule has 0 heterocycles. The fourth-order valence-electron chi connectivity index (χ4n) is 0.143. The van der Waals surface area contributed by atoms with Crippen molar-refractivity contribution < 1.29 is 49.5 Å². The van der Waals surface area contributed by atoms with Gasteiger partial charge in [0, 0.05) is 29.9 Å². The fourth-order valence-corrected chi connectivity index (χ4v) is 0.143. The summed E-state index contributed by atoms with van der Waals surface area (Å²) in [4.78, 5) is 47.2. The Kier molecular flexibility index (Phi) is 22.9. The minimum Gasteiger partial charge on any atom is -0.478 e. The van der Waals surface area contributed by atoms with E-state index >= 15 is 0 Å². The first kappa shape index (κ1) is 28.5. The Labute approximate surface area is 137 Å². The minimum atomic E-state index is -1.26. The zero-order valence-electron chi connectivity index (χ0n) is 12.7. The van der Waals surface area contributed by atoms with Gasteiger partial charge in [-0.25, -0.2) is 24.0 Å². The van der Waals surface area contributed by atoms with E-state index in [9.17, 15) is 24.0 Å². The van der Waals surface area contributed by atoms with Crippen LogP contribution < -0.4 is 0 Å². The van der Waals surface area contributed by atoms with Crippen LogP contribution in [-0.2, 0) is 24.0 Å². The maximum atomic E-state index is 9.60. The van der Waals surface area contributed by atoms with Crippen LogP contribution >= 0.6 is 0 Å². The van der Waals surface area contributed by atoms with Gasteiger partial charge in [-0.1, -0.05) is 19.7 Å². The summed E-state index contributed by atoms with van der Waals surface area (Å²) in [6, 6.07) is 0. The Morgan fingerprint density at radius 3 is 0.875 bits per heavy atom. The Morgan fingerprint density at radius 2 is 0.833 bits per heavy atom. The molecule has 0 saturated heterocycles. The molecule has 0 atom stereocenters. The molecule has 0 aromatic rings. The summed E-state index contributed by atoms with van der Waals surface area (Å²) in [6.07, 6.45) is 2.78. The molecule has 0 unspecified atom stereocenters. The van der Waals surface area contributed by atoms with Crippen molar-refractivity contribution in [3.63, 3.8) is 0 Å². The number of hydrogen-bond acceptors (Lipinski definition) is 5. The summed E-state index contributed by atoms with van der Waals surface area (Å²) < 4.78 is 0. The molecule has 134 valence electrons. The predicted molar refractivity (Wildman–Crippen MR) is 82.5 cm³/mol. The Balaban J connectivity index is -0.000000114. The summed E-state index contributed by atoms with van der Waals surface area (Å²) in [5, 5.41) is 38.7. The largest absolute Gasteiger partial charge is 0.478 e. The van der Waals surface area contributed by atoms with Gasteiger partial charge < -0.3 is 25.5 Å². The average molecular weight is 346 g/mol. The molecule has 0 aromatic heterocycles. The molecule has 5 N–H and O–H groups in total. The molecule has 0 aliphatic heterocycles. The van der Waals surface area contributed by atoms with Gasteiger partial charge in [0.1, 0.15) is 0 Å². The number of carboxylic acid groups (broad SMARTS) is 5. The van der Waals surface area contributed by atoms with Crippen LogP contribution in [-0.4, -0.2) is 55.4 Å². The van der Waals surface area contributed by atoms with Crippen molar-refractivity contribution in [1.82, 2.24) is 0 Å². The van der Waals surface area contributed by atoms with Crippen LogP contribution in [0.4, 0.5) is 0 Å². The summed E-state index contributed by atoms with van der Waals surface area (Å²) in [5.74, 6) is -5.41. The molecule has 24 heavy (non-hydrogen) atoms. The lowest BCUT2D eigenvalue weighted by molar-refractivity contribution is -0.134. The van der Waals surface area contributed by atoms with Crippen molar-refractivity contribution >= 4 is 29.8 Å². The topological polar surface area (TPSA) is 186 Å². The van der Waals surface area contributed by atoms with Crippen LogP contribution in [0.15, 0.2) is 49.6 Å². The van der Waals surface area contributed by atoms with Crippen molar-refractivity contribution in [2.24, 2.45) is 0 Å². The highest BCUT2D eigenvalue weighted by atomic mass is 16.4. The Bertz CT molecular complexity index is 468. The molecular formula is C14H18O10. The first-order valence-electron chi connectivity index (χ1n) is 5.55. The van der Waals surface area contributed by atoms with E-state index in [1.807, 2.05) is 0 Å². The second-order valence-electron chi connectivity index (χ2n) is 3.18. The third-order valence-electron chi connectivity index (χ3n) is 1.08. The van der Waals surface area contributed by atoms with E-state index in [0.29, 0.717) is 12.2 Å². The van der Waals surface area contributed by atoms with E-state index in [-0.39, 0.29) is 5.57 Å². The highest BCUT2D eigenvalue weighted by Gasteiger charge is 1.90. The maximum absolute atomic E-state index is 9.60. The van der Waals surface area contributed by atoms with Crippen molar-refractivity contribution in [3.05, 3.63) is 49.6 Å². The van der Waals surface area contributed by atoms with Gasteiger partial charge in [-0.3, -0.25) is 0 Å². The maximum Gasteiger partial charge on any atom is 0.330 e. The molecule has 0 spiro atoms. The lowest BCUT2D eigenvalue weighted by Gasteiger charge is -1.79. The Morgan fingerprint density at radius 1 is 0.667 bits per heavy atom. The molecule has 0 radical (unpaired) electrons. The predicted octanol–water partition coefficient (Wildman–Crippen LogP) is 0.873. The van der Waals surface area contributed by atoms with Crippen molar-refractivity contribution in [2.75, 3.05) is 0 Å². The van der Waals surface area contributed by atoms with E-state index < -0.39 is 29.8 Å². The summed E-state index contributed by atoms with van der Waals surface area (Å²) in [5.41, 5.74) is 0.176.